The lowest BCUT2D eigenvalue weighted by molar-refractivity contribution is -0.139. The number of hydrogen-bond donors (Lipinski definition) is 2. The number of benzene rings is 1. The molecule has 2 bridgehead atoms. The number of imide groups is 1. The van der Waals surface area contributed by atoms with Gasteiger partial charge in [0, 0.05) is 6.42 Å². The van der Waals surface area contributed by atoms with Gasteiger partial charge in [0.25, 0.3) is 5.91 Å². The molecule has 6 nitrogen and oxygen atoms in total. The van der Waals surface area contributed by atoms with Crippen LogP contribution in [0.2, 0.25) is 0 Å². The lowest BCUT2D eigenvalue weighted by atomic mass is 9.86. The average molecular weight is 341 g/mol. The molecule has 3 aliphatic rings. The molecule has 3 fully saturated rings. The van der Waals surface area contributed by atoms with Crippen LogP contribution in [-0.2, 0) is 15.1 Å². The summed E-state index contributed by atoms with van der Waals surface area (Å²) < 4.78 is 0. The van der Waals surface area contributed by atoms with Crippen LogP contribution >= 0.6 is 0 Å². The van der Waals surface area contributed by atoms with Gasteiger partial charge in [0.15, 0.2) is 0 Å². The number of urea groups is 1. The fourth-order valence-corrected chi connectivity index (χ4v) is 4.74. The largest absolute Gasteiger partial charge is 0.344 e. The van der Waals surface area contributed by atoms with Crippen LogP contribution in [0, 0.1) is 17.8 Å². The van der Waals surface area contributed by atoms with Gasteiger partial charge in [-0.25, -0.2) is 4.79 Å². The number of carbonyl (C=O) groups excluding carboxylic acids is 3. The first-order valence-corrected chi connectivity index (χ1v) is 8.99. The Morgan fingerprint density at radius 3 is 2.64 bits per heavy atom. The quantitative estimate of drug-likeness (QED) is 0.825. The minimum absolute atomic E-state index is 0.252. The summed E-state index contributed by atoms with van der Waals surface area (Å²) in [5.74, 6) is 1.08. The number of fused-ring (bicyclic) bond motifs is 2. The second-order valence-electron chi connectivity index (χ2n) is 7.74. The van der Waals surface area contributed by atoms with Crippen molar-refractivity contribution in [3.63, 3.8) is 0 Å². The molecule has 4 atom stereocenters. The Morgan fingerprint density at radius 1 is 1.24 bits per heavy atom. The second kappa shape index (κ2) is 5.86. The van der Waals surface area contributed by atoms with Gasteiger partial charge in [-0.15, -0.1) is 0 Å². The van der Waals surface area contributed by atoms with Crippen molar-refractivity contribution in [2.24, 2.45) is 17.8 Å². The highest BCUT2D eigenvalue weighted by Gasteiger charge is 2.50. The summed E-state index contributed by atoms with van der Waals surface area (Å²) in [5.41, 5.74) is 2.06. The van der Waals surface area contributed by atoms with E-state index >= 15 is 0 Å². The Balaban J connectivity index is 1.43. The maximum absolute atomic E-state index is 12.8. The van der Waals surface area contributed by atoms with Gasteiger partial charge in [0.05, 0.1) is 0 Å². The predicted octanol–water partition coefficient (Wildman–Crippen LogP) is 2.31. The Morgan fingerprint density at radius 2 is 2.00 bits per heavy atom. The van der Waals surface area contributed by atoms with Crippen LogP contribution in [0.25, 0.3) is 0 Å². The van der Waals surface area contributed by atoms with Crippen LogP contribution in [0.3, 0.4) is 0 Å². The van der Waals surface area contributed by atoms with Crippen LogP contribution in [0.1, 0.15) is 44.6 Å². The zero-order valence-electron chi connectivity index (χ0n) is 14.3. The topological polar surface area (TPSA) is 78.5 Å². The molecule has 0 radical (unpaired) electrons. The van der Waals surface area contributed by atoms with Crippen molar-refractivity contribution in [2.45, 2.75) is 44.6 Å². The van der Waals surface area contributed by atoms with E-state index in [1.54, 1.807) is 19.1 Å². The first-order valence-electron chi connectivity index (χ1n) is 8.99. The van der Waals surface area contributed by atoms with Crippen LogP contribution in [0.4, 0.5) is 4.79 Å². The average Bonchev–Trinajstić information content (AvgIpc) is 3.27. The molecule has 0 spiro atoms. The Kier molecular flexibility index (Phi) is 3.78. The highest BCUT2D eigenvalue weighted by atomic mass is 16.2. The van der Waals surface area contributed by atoms with Crippen molar-refractivity contribution in [3.8, 4) is 0 Å². The van der Waals surface area contributed by atoms with E-state index in [4.69, 9.17) is 0 Å². The van der Waals surface area contributed by atoms with Gasteiger partial charge in [-0.2, -0.15) is 5.01 Å². The number of hydrogen-bond acceptors (Lipinski definition) is 3. The van der Waals surface area contributed by atoms with Gasteiger partial charge in [-0.3, -0.25) is 15.0 Å². The first kappa shape index (κ1) is 16.1. The maximum atomic E-state index is 12.8. The third-order valence-electron chi connectivity index (χ3n) is 6.11. The van der Waals surface area contributed by atoms with Crippen molar-refractivity contribution in [2.75, 3.05) is 0 Å². The summed E-state index contributed by atoms with van der Waals surface area (Å²) in [4.78, 5) is 37.4. The predicted molar refractivity (Wildman–Crippen MR) is 90.9 cm³/mol. The Hall–Kier alpha value is -2.37. The number of hydrazine groups is 1. The standard InChI is InChI=1S/C19H23N3O3/c1-19(15-5-3-2-4-6-15)17(24)22(18(25)20-19)21-16(23)11-14-10-12-7-8-13(14)9-12/h2-6,12-14H,7-11H2,1H3,(H,20,25)(H,21,23)/t12-,13-,14+,19+/m0/s1. The Bertz CT molecular complexity index is 720. The molecule has 132 valence electrons. The van der Waals surface area contributed by atoms with E-state index in [9.17, 15) is 14.4 Å². The summed E-state index contributed by atoms with van der Waals surface area (Å²) in [6.45, 7) is 1.66. The van der Waals surface area contributed by atoms with Gasteiger partial charge in [0.1, 0.15) is 5.54 Å². The van der Waals surface area contributed by atoms with Crippen LogP contribution in [0.15, 0.2) is 30.3 Å². The molecule has 4 rings (SSSR count). The number of nitrogens with one attached hydrogen (secondary N) is 2. The zero-order chi connectivity index (χ0) is 17.6. The van der Waals surface area contributed by atoms with E-state index in [0.29, 0.717) is 23.8 Å². The lowest BCUT2D eigenvalue weighted by Crippen LogP contribution is -2.48. The fraction of sp³-hybridized carbons (Fsp3) is 0.526. The van der Waals surface area contributed by atoms with Crippen molar-refractivity contribution in [1.29, 1.82) is 0 Å². The summed E-state index contributed by atoms with van der Waals surface area (Å²) in [6.07, 6.45) is 5.20. The normalized spacial score (nSPS) is 33.6. The van der Waals surface area contributed by atoms with Gasteiger partial charge in [0.2, 0.25) is 5.91 Å². The van der Waals surface area contributed by atoms with Gasteiger partial charge < -0.3 is 5.32 Å². The molecular formula is C19H23N3O3. The SMILES string of the molecule is C[C@]1(c2ccccc2)NC(=O)N(NC(=O)C[C@H]2C[C@H]3CC[C@H]2C3)C1=O. The van der Waals surface area contributed by atoms with E-state index in [1.165, 1.54) is 19.3 Å². The van der Waals surface area contributed by atoms with E-state index in [1.807, 2.05) is 18.2 Å². The molecular weight excluding hydrogens is 318 g/mol. The van der Waals surface area contributed by atoms with E-state index in [2.05, 4.69) is 10.7 Å². The van der Waals surface area contributed by atoms with Crippen molar-refractivity contribution in [3.05, 3.63) is 35.9 Å². The molecule has 2 saturated carbocycles. The first-order chi connectivity index (χ1) is 12.0. The molecule has 1 aromatic rings. The Labute approximate surface area is 146 Å². The number of nitrogens with zero attached hydrogens (tertiary/aromatic N) is 1. The highest BCUT2D eigenvalue weighted by Crippen LogP contribution is 2.49. The highest BCUT2D eigenvalue weighted by molar-refractivity contribution is 6.08. The molecule has 0 unspecified atom stereocenters. The van der Waals surface area contributed by atoms with Crippen molar-refractivity contribution < 1.29 is 14.4 Å². The zero-order valence-corrected chi connectivity index (χ0v) is 14.3. The van der Waals surface area contributed by atoms with Crippen LogP contribution in [-0.4, -0.2) is 22.9 Å². The van der Waals surface area contributed by atoms with Gasteiger partial charge in [-0.05, 0) is 49.5 Å². The molecule has 1 aromatic carbocycles. The minimum atomic E-state index is -1.15. The molecule has 6 heteroatoms. The molecule has 1 saturated heterocycles. The van der Waals surface area contributed by atoms with E-state index in [-0.39, 0.29) is 5.91 Å². The minimum Gasteiger partial charge on any atom is -0.318 e. The molecule has 1 heterocycles. The number of carbonyl (C=O) groups is 3. The van der Waals surface area contributed by atoms with Crippen molar-refractivity contribution in [1.82, 2.24) is 15.8 Å². The lowest BCUT2D eigenvalue weighted by Gasteiger charge is -2.23. The van der Waals surface area contributed by atoms with Crippen LogP contribution in [0.5, 0.6) is 0 Å². The molecule has 1 aliphatic heterocycles. The molecule has 2 N–H and O–H groups in total. The summed E-state index contributed by atoms with van der Waals surface area (Å²) in [5, 5.41) is 3.53. The molecule has 2 aliphatic carbocycles. The summed E-state index contributed by atoms with van der Waals surface area (Å²) in [6, 6.07) is 8.48. The number of rotatable bonds is 4. The van der Waals surface area contributed by atoms with Gasteiger partial charge in [-0.1, -0.05) is 36.8 Å². The third kappa shape index (κ3) is 2.69. The monoisotopic (exact) mass is 341 g/mol. The van der Waals surface area contributed by atoms with Crippen molar-refractivity contribution >= 4 is 17.8 Å². The smallest absolute Gasteiger partial charge is 0.318 e. The van der Waals surface area contributed by atoms with E-state index < -0.39 is 17.5 Å². The second-order valence-corrected chi connectivity index (χ2v) is 7.74. The van der Waals surface area contributed by atoms with E-state index in [0.717, 1.165) is 17.3 Å². The molecule has 0 aromatic heterocycles. The summed E-state index contributed by atoms with van der Waals surface area (Å²) >= 11 is 0. The molecule has 25 heavy (non-hydrogen) atoms. The third-order valence-corrected chi connectivity index (χ3v) is 6.11. The van der Waals surface area contributed by atoms with Crippen LogP contribution < -0.4 is 10.7 Å². The van der Waals surface area contributed by atoms with Gasteiger partial charge >= 0.3 is 6.03 Å². The fourth-order valence-electron chi connectivity index (χ4n) is 4.74. The summed E-state index contributed by atoms with van der Waals surface area (Å²) in [7, 11) is 0. The maximum Gasteiger partial charge on any atom is 0.344 e. The number of amides is 4. The molecule has 4 amide bonds.